The zero-order valence-electron chi connectivity index (χ0n) is 27.8. The summed E-state index contributed by atoms with van der Waals surface area (Å²) in [6.45, 7) is 4.26. The zero-order chi connectivity index (χ0) is 35.2. The summed E-state index contributed by atoms with van der Waals surface area (Å²) in [6, 6.07) is 21.2. The first-order valence-corrected chi connectivity index (χ1v) is 18.8. The van der Waals surface area contributed by atoms with E-state index >= 15 is 0 Å². The minimum absolute atomic E-state index is 0. The average molecular weight is 739 g/mol. The van der Waals surface area contributed by atoms with Gasteiger partial charge in [0.25, 0.3) is 10.1 Å². The largest absolute Gasteiger partial charge is 2.00 e. The van der Waals surface area contributed by atoms with Crippen LogP contribution in [0.5, 0.6) is 34.5 Å². The number of aryl methyl sites for hydroxylation is 2. The van der Waals surface area contributed by atoms with Gasteiger partial charge in [0, 0.05) is 0 Å². The minimum atomic E-state index is -4.69. The Morgan fingerprint density at radius 2 is 1.08 bits per heavy atom. The maximum Gasteiger partial charge on any atom is 2.00 e. The maximum absolute atomic E-state index is 11.8. The van der Waals surface area contributed by atoms with Crippen LogP contribution in [-0.4, -0.2) is 68.8 Å². The summed E-state index contributed by atoms with van der Waals surface area (Å²) in [4.78, 5) is -0.772. The molecular weight excluding hydrogens is 697 g/mol. The molecule has 260 valence electrons. The standard InChI is InChI=1S/2C18H22O5S.Ca/c2*1-2-3-4-5-8-14-11-12-18(24(20,21)22)17(13-14)23-16-10-7-6-9-15(16)19;/h2*6-7,9-13,19H,2-5,8H2,1H3,(H,20,21,22);/q;;+2/p-2. The van der Waals surface area contributed by atoms with Gasteiger partial charge in [0.1, 0.15) is 32.3 Å². The van der Waals surface area contributed by atoms with Crippen LogP contribution in [0.3, 0.4) is 0 Å². The van der Waals surface area contributed by atoms with Crippen molar-refractivity contribution in [2.45, 2.75) is 87.8 Å². The SMILES string of the molecule is CCCCCCc1ccc(S(=O)(=O)O)c(Oc2ccccc2O)c1.CCCCCCc1ccc(S(=O)(=O)[O-])c(Oc2ccccc2[O-])c1.[Ca+2]. The smallest absolute Gasteiger partial charge is 0.870 e. The molecule has 0 heterocycles. The molecule has 0 aliphatic rings. The number of para-hydroxylation sites is 4. The normalized spacial score (nSPS) is 11.2. The van der Waals surface area contributed by atoms with Crippen molar-refractivity contribution in [3.05, 3.63) is 96.1 Å². The molecule has 0 radical (unpaired) electrons. The first kappa shape index (κ1) is 42.3. The van der Waals surface area contributed by atoms with Crippen LogP contribution >= 0.6 is 0 Å². The fourth-order valence-corrected chi connectivity index (χ4v) is 6.00. The number of rotatable bonds is 16. The Bertz CT molecular complexity index is 1710. The first-order chi connectivity index (χ1) is 22.8. The van der Waals surface area contributed by atoms with Crippen LogP contribution < -0.4 is 14.6 Å². The molecule has 0 atom stereocenters. The molecule has 0 saturated heterocycles. The molecule has 0 fully saturated rings. The van der Waals surface area contributed by atoms with Crippen molar-refractivity contribution in [3.63, 3.8) is 0 Å². The van der Waals surface area contributed by atoms with Crippen LogP contribution in [0.4, 0.5) is 0 Å². The monoisotopic (exact) mass is 738 g/mol. The second-order valence-electron chi connectivity index (χ2n) is 11.2. The van der Waals surface area contributed by atoms with E-state index in [2.05, 4.69) is 13.8 Å². The number of ether oxygens (including phenoxy) is 2. The number of benzene rings is 4. The third-order valence-corrected chi connectivity index (χ3v) is 9.12. The van der Waals surface area contributed by atoms with Crippen LogP contribution in [0.25, 0.3) is 0 Å². The van der Waals surface area contributed by atoms with Gasteiger partial charge in [-0.25, -0.2) is 8.42 Å². The van der Waals surface area contributed by atoms with E-state index in [9.17, 15) is 36.2 Å². The van der Waals surface area contributed by atoms with Crippen molar-refractivity contribution in [3.8, 4) is 34.5 Å². The number of aromatic hydroxyl groups is 1. The summed E-state index contributed by atoms with van der Waals surface area (Å²) < 4.78 is 77.8. The Hall–Kier alpha value is -2.84. The summed E-state index contributed by atoms with van der Waals surface area (Å²) in [5, 5.41) is 21.6. The summed E-state index contributed by atoms with van der Waals surface area (Å²) in [7, 11) is -9.11. The summed E-state index contributed by atoms with van der Waals surface area (Å²) in [5.74, 6) is -0.448. The second kappa shape index (κ2) is 20.7. The van der Waals surface area contributed by atoms with Gasteiger partial charge in [-0.3, -0.25) is 4.55 Å². The van der Waals surface area contributed by atoms with Gasteiger partial charge in [-0.05, 0) is 79.3 Å². The van der Waals surface area contributed by atoms with Crippen LogP contribution in [0.2, 0.25) is 0 Å². The quantitative estimate of drug-likeness (QED) is 0.0657. The van der Waals surface area contributed by atoms with Crippen molar-refractivity contribution in [1.82, 2.24) is 0 Å². The Morgan fingerprint density at radius 3 is 1.57 bits per heavy atom. The average Bonchev–Trinajstić information content (AvgIpc) is 3.03. The van der Waals surface area contributed by atoms with E-state index in [4.69, 9.17) is 9.47 Å². The van der Waals surface area contributed by atoms with Crippen LogP contribution in [-0.2, 0) is 33.1 Å². The molecule has 0 aliphatic heterocycles. The molecule has 10 nitrogen and oxygen atoms in total. The summed E-state index contributed by atoms with van der Waals surface area (Å²) in [5.41, 5.74) is 1.79. The van der Waals surface area contributed by atoms with Crippen LogP contribution in [0.1, 0.15) is 76.3 Å². The molecule has 49 heavy (non-hydrogen) atoms. The Balaban J connectivity index is 0.000000333. The molecule has 0 spiro atoms. The third kappa shape index (κ3) is 14.1. The molecule has 0 aromatic heterocycles. The molecular formula is C36H42CaO10S2. The minimum Gasteiger partial charge on any atom is -0.870 e. The number of hydrogen-bond acceptors (Lipinski definition) is 9. The fraction of sp³-hybridized carbons (Fsp3) is 0.333. The molecule has 0 bridgehead atoms. The molecule has 0 aliphatic carbocycles. The number of unbranched alkanes of at least 4 members (excludes halogenated alkanes) is 6. The van der Waals surface area contributed by atoms with Gasteiger partial charge in [-0.2, -0.15) is 8.42 Å². The number of phenols is 1. The van der Waals surface area contributed by atoms with Crippen LogP contribution in [0.15, 0.2) is 94.7 Å². The van der Waals surface area contributed by atoms with E-state index in [1.807, 2.05) is 0 Å². The first-order valence-electron chi connectivity index (χ1n) is 15.9. The molecule has 0 saturated carbocycles. The number of hydrogen-bond donors (Lipinski definition) is 2. The Morgan fingerprint density at radius 1 is 0.612 bits per heavy atom. The Labute approximate surface area is 319 Å². The maximum atomic E-state index is 11.8. The van der Waals surface area contributed by atoms with Gasteiger partial charge in [0.05, 0.1) is 4.90 Å². The molecule has 2 N–H and O–H groups in total. The van der Waals surface area contributed by atoms with Gasteiger partial charge >= 0.3 is 37.7 Å². The molecule has 4 aromatic carbocycles. The second-order valence-corrected chi connectivity index (χ2v) is 14.0. The Kier molecular flexibility index (Phi) is 17.9. The zero-order valence-corrected chi connectivity index (χ0v) is 31.7. The van der Waals surface area contributed by atoms with Gasteiger partial charge < -0.3 is 24.2 Å². The molecule has 0 amide bonds. The summed E-state index contributed by atoms with van der Waals surface area (Å²) in [6.07, 6.45) is 10.3. The van der Waals surface area contributed by atoms with E-state index in [1.165, 1.54) is 42.5 Å². The van der Waals surface area contributed by atoms with Gasteiger partial charge in [-0.15, -0.1) is 0 Å². The number of phenolic OH excluding ortho intramolecular Hbond substituents is 1. The molecule has 13 heteroatoms. The van der Waals surface area contributed by atoms with E-state index in [-0.39, 0.29) is 77.1 Å². The van der Waals surface area contributed by atoms with E-state index in [1.54, 1.807) is 42.5 Å². The predicted octanol–water partition coefficient (Wildman–Crippen LogP) is 7.75. The van der Waals surface area contributed by atoms with Gasteiger partial charge in [0.15, 0.2) is 11.5 Å². The van der Waals surface area contributed by atoms with E-state index < -0.39 is 25.1 Å². The predicted molar refractivity (Wildman–Crippen MR) is 186 cm³/mol. The van der Waals surface area contributed by atoms with E-state index in [0.29, 0.717) is 0 Å². The van der Waals surface area contributed by atoms with Crippen molar-refractivity contribution in [2.24, 2.45) is 0 Å². The van der Waals surface area contributed by atoms with Crippen molar-refractivity contribution < 1.29 is 45.6 Å². The van der Waals surface area contributed by atoms with E-state index in [0.717, 1.165) is 75.3 Å². The summed E-state index contributed by atoms with van der Waals surface area (Å²) >= 11 is 0. The fourth-order valence-electron chi connectivity index (χ4n) is 4.82. The van der Waals surface area contributed by atoms with Crippen LogP contribution in [0, 0.1) is 0 Å². The van der Waals surface area contributed by atoms with Crippen molar-refractivity contribution >= 4 is 58.0 Å². The molecule has 4 aromatic rings. The van der Waals surface area contributed by atoms with Crippen molar-refractivity contribution in [1.29, 1.82) is 0 Å². The topological polar surface area (TPSA) is 173 Å². The van der Waals surface area contributed by atoms with Crippen molar-refractivity contribution in [2.75, 3.05) is 0 Å². The molecule has 4 rings (SSSR count). The van der Waals surface area contributed by atoms with Gasteiger partial charge in [-0.1, -0.05) is 101 Å². The third-order valence-electron chi connectivity index (χ3n) is 7.36. The van der Waals surface area contributed by atoms with Gasteiger partial charge in [0.2, 0.25) is 0 Å². The molecule has 0 unspecified atom stereocenters.